The zero-order valence-electron chi connectivity index (χ0n) is 13.0. The van der Waals surface area contributed by atoms with Gasteiger partial charge in [-0.05, 0) is 23.7 Å². The fourth-order valence-electron chi connectivity index (χ4n) is 1.95. The summed E-state index contributed by atoms with van der Waals surface area (Å²) in [6, 6.07) is 0. The monoisotopic (exact) mass is 294 g/mol. The Morgan fingerprint density at radius 3 is 0.833 bits per heavy atom. The van der Waals surface area contributed by atoms with E-state index < -0.39 is 10.00 Å². The highest BCUT2D eigenvalue weighted by Crippen LogP contribution is 2.40. The van der Waals surface area contributed by atoms with Crippen molar-refractivity contribution in [1.29, 1.82) is 0 Å². The maximum Gasteiger partial charge on any atom is 0.159 e. The summed E-state index contributed by atoms with van der Waals surface area (Å²) in [7, 11) is 0. The Hall–Kier alpha value is 0.180. The van der Waals surface area contributed by atoms with Crippen molar-refractivity contribution in [1.82, 2.24) is 0 Å². The molecule has 0 aliphatic heterocycles. The minimum absolute atomic E-state index is 0.211. The molecule has 0 saturated carbocycles. The number of nitrogens with zero attached hydrogens (tertiary/aromatic N) is 2. The topological polar surface area (TPSA) is 24.7 Å². The van der Waals surface area contributed by atoms with Crippen molar-refractivity contribution in [2.45, 2.75) is 65.4 Å². The van der Waals surface area contributed by atoms with E-state index in [-0.39, 0.29) is 23.7 Å². The number of azo groups is 1. The lowest BCUT2D eigenvalue weighted by Crippen LogP contribution is -2.36. The quantitative estimate of drug-likeness (QED) is 0.329. The molecule has 0 aromatic rings. The zero-order valence-corrected chi connectivity index (χ0v) is 14.5. The first-order chi connectivity index (χ1) is 7.98. The van der Waals surface area contributed by atoms with Crippen molar-refractivity contribution in [2.24, 2.45) is 33.9 Å². The van der Waals surface area contributed by atoms with Gasteiger partial charge in [0.25, 0.3) is 0 Å². The van der Waals surface area contributed by atoms with E-state index in [4.69, 9.17) is 23.2 Å². The average Bonchev–Trinajstić information content (AvgIpc) is 2.23. The van der Waals surface area contributed by atoms with Gasteiger partial charge in [0, 0.05) is 0 Å². The Morgan fingerprint density at radius 2 is 0.722 bits per heavy atom. The molecule has 0 rings (SSSR count). The molecule has 0 heterocycles. The minimum atomic E-state index is -0.677. The van der Waals surface area contributed by atoms with Crippen molar-refractivity contribution < 1.29 is 0 Å². The van der Waals surface area contributed by atoms with E-state index in [2.05, 4.69) is 65.6 Å². The molecule has 108 valence electrons. The first kappa shape index (κ1) is 18.2. The summed E-state index contributed by atoms with van der Waals surface area (Å²) in [5.41, 5.74) is 0. The van der Waals surface area contributed by atoms with Crippen molar-refractivity contribution in [3.05, 3.63) is 0 Å². The Morgan fingerprint density at radius 1 is 0.556 bits per heavy atom. The molecule has 0 N–H and O–H groups in total. The molecule has 0 atom stereocenters. The van der Waals surface area contributed by atoms with Crippen molar-refractivity contribution in [3.63, 3.8) is 0 Å². The van der Waals surface area contributed by atoms with E-state index in [9.17, 15) is 0 Å². The van der Waals surface area contributed by atoms with Gasteiger partial charge in [-0.15, -0.1) is 0 Å². The summed E-state index contributed by atoms with van der Waals surface area (Å²) >= 11 is 13.2. The third-order valence-electron chi connectivity index (χ3n) is 3.60. The second-order valence-corrected chi connectivity index (χ2v) is 7.48. The minimum Gasteiger partial charge on any atom is -0.169 e. The van der Waals surface area contributed by atoms with Gasteiger partial charge in [-0.25, -0.2) is 0 Å². The molecule has 0 radical (unpaired) electrons. The number of alkyl halides is 2. The van der Waals surface area contributed by atoms with Crippen LogP contribution in [0, 0.1) is 23.7 Å². The van der Waals surface area contributed by atoms with Gasteiger partial charge in [0.05, 0.1) is 0 Å². The van der Waals surface area contributed by atoms with E-state index in [0.717, 1.165) is 0 Å². The summed E-state index contributed by atoms with van der Waals surface area (Å²) < 4.78 is 0. The van der Waals surface area contributed by atoms with Crippen LogP contribution in [-0.4, -0.2) is 10.00 Å². The van der Waals surface area contributed by atoms with Crippen LogP contribution in [0.4, 0.5) is 0 Å². The molecule has 0 aliphatic rings. The van der Waals surface area contributed by atoms with Gasteiger partial charge < -0.3 is 0 Å². The van der Waals surface area contributed by atoms with E-state index in [1.165, 1.54) is 0 Å². The van der Waals surface area contributed by atoms with Crippen LogP contribution in [0.5, 0.6) is 0 Å². The Kier molecular flexibility index (Phi) is 6.63. The molecule has 0 aliphatic carbocycles. The van der Waals surface area contributed by atoms with Crippen LogP contribution in [0.3, 0.4) is 0 Å². The van der Waals surface area contributed by atoms with Crippen molar-refractivity contribution >= 4 is 23.2 Å². The molecule has 2 nitrogen and oxygen atoms in total. The van der Waals surface area contributed by atoms with Gasteiger partial charge in [0.2, 0.25) is 0 Å². The highest BCUT2D eigenvalue weighted by molar-refractivity contribution is 6.25. The summed E-state index contributed by atoms with van der Waals surface area (Å²) in [5.74, 6) is 0.845. The Bertz CT molecular complexity index is 240. The lowest BCUT2D eigenvalue weighted by molar-refractivity contribution is 0.276. The van der Waals surface area contributed by atoms with Crippen LogP contribution < -0.4 is 0 Å². The van der Waals surface area contributed by atoms with E-state index in [1.807, 2.05) is 0 Å². The van der Waals surface area contributed by atoms with E-state index >= 15 is 0 Å². The maximum atomic E-state index is 6.61. The zero-order chi connectivity index (χ0) is 14.7. The van der Waals surface area contributed by atoms with Crippen LogP contribution in [0.2, 0.25) is 0 Å². The first-order valence-electron chi connectivity index (χ1n) is 6.80. The SMILES string of the molecule is CC(C)C(Cl)(/N=N/C(Cl)(C(C)C)C(C)C)C(C)C. The number of hydrogen-bond donors (Lipinski definition) is 0. The molecule has 0 bridgehead atoms. The third kappa shape index (κ3) is 3.84. The predicted octanol–water partition coefficient (Wildman–Crippen LogP) is 5.93. The first-order valence-corrected chi connectivity index (χ1v) is 7.55. The van der Waals surface area contributed by atoms with E-state index in [1.54, 1.807) is 0 Å². The third-order valence-corrected chi connectivity index (χ3v) is 5.49. The van der Waals surface area contributed by atoms with Gasteiger partial charge in [-0.3, -0.25) is 0 Å². The normalized spacial score (nSPS) is 14.8. The number of rotatable bonds is 6. The molecule has 0 fully saturated rings. The summed E-state index contributed by atoms with van der Waals surface area (Å²) in [6.45, 7) is 16.5. The molecule has 0 unspecified atom stereocenters. The van der Waals surface area contributed by atoms with Crippen LogP contribution in [0.25, 0.3) is 0 Å². The molecular weight excluding hydrogens is 267 g/mol. The smallest absolute Gasteiger partial charge is 0.159 e. The van der Waals surface area contributed by atoms with Gasteiger partial charge in [-0.2, -0.15) is 10.2 Å². The highest BCUT2D eigenvalue weighted by atomic mass is 35.5. The summed E-state index contributed by atoms with van der Waals surface area (Å²) in [6.07, 6.45) is 0. The number of halogens is 2. The lowest BCUT2D eigenvalue weighted by atomic mass is 9.92. The summed E-state index contributed by atoms with van der Waals surface area (Å²) in [4.78, 5) is -1.35. The van der Waals surface area contributed by atoms with Crippen molar-refractivity contribution in [2.75, 3.05) is 0 Å². The van der Waals surface area contributed by atoms with Crippen LogP contribution in [0.1, 0.15) is 55.4 Å². The molecule has 0 saturated heterocycles. The van der Waals surface area contributed by atoms with E-state index in [0.29, 0.717) is 0 Å². The Labute approximate surface area is 123 Å². The average molecular weight is 295 g/mol. The van der Waals surface area contributed by atoms with Crippen LogP contribution >= 0.6 is 23.2 Å². The van der Waals surface area contributed by atoms with Gasteiger partial charge in [0.1, 0.15) is 0 Å². The largest absolute Gasteiger partial charge is 0.169 e. The standard InChI is InChI=1S/C14H28Cl2N2/c1-9(2)13(15,10(3)4)17-18-14(16,11(5)6)12(7)8/h9-12H,1-8H3/b18-17+. The van der Waals surface area contributed by atoms with Crippen molar-refractivity contribution in [3.8, 4) is 0 Å². The second-order valence-electron chi connectivity index (χ2n) is 6.27. The van der Waals surface area contributed by atoms with Crippen LogP contribution in [-0.2, 0) is 0 Å². The molecule has 0 aromatic carbocycles. The molecule has 0 amide bonds. The summed E-state index contributed by atoms with van der Waals surface area (Å²) in [5, 5.41) is 8.86. The second kappa shape index (κ2) is 6.56. The fraction of sp³-hybridized carbons (Fsp3) is 1.00. The van der Waals surface area contributed by atoms with Gasteiger partial charge >= 0.3 is 0 Å². The fourth-order valence-corrected chi connectivity index (χ4v) is 2.02. The molecule has 0 spiro atoms. The number of hydrogen-bond acceptors (Lipinski definition) is 2. The maximum absolute atomic E-state index is 6.61. The van der Waals surface area contributed by atoms with Gasteiger partial charge in [0.15, 0.2) is 10.00 Å². The highest BCUT2D eigenvalue weighted by Gasteiger charge is 2.39. The molecule has 0 aromatic heterocycles. The molecule has 4 heteroatoms. The van der Waals surface area contributed by atoms with Gasteiger partial charge in [-0.1, -0.05) is 78.6 Å². The lowest BCUT2D eigenvalue weighted by Gasteiger charge is -2.34. The predicted molar refractivity (Wildman–Crippen MR) is 81.4 cm³/mol. The molecule has 18 heavy (non-hydrogen) atoms. The van der Waals surface area contributed by atoms with Crippen LogP contribution in [0.15, 0.2) is 10.2 Å². The Balaban J connectivity index is 5.32. The molecular formula is C14H28Cl2N2.